The lowest BCUT2D eigenvalue weighted by atomic mass is 10.0. The molecule has 0 aliphatic heterocycles. The summed E-state index contributed by atoms with van der Waals surface area (Å²) in [7, 11) is 0. The van der Waals surface area contributed by atoms with Crippen LogP contribution >= 0.6 is 11.3 Å². The average molecular weight is 734 g/mol. The van der Waals surface area contributed by atoms with Gasteiger partial charge in [0.15, 0.2) is 0 Å². The first kappa shape index (κ1) is 32.3. The quantitative estimate of drug-likeness (QED) is 0.159. The van der Waals surface area contributed by atoms with Gasteiger partial charge in [-0.2, -0.15) is 0 Å². The summed E-state index contributed by atoms with van der Waals surface area (Å²) in [5.41, 5.74) is 14.1. The normalized spacial score (nSPS) is 11.6. The molecule has 0 N–H and O–H groups in total. The third-order valence-corrected chi connectivity index (χ3v) is 11.9. The lowest BCUT2D eigenvalue weighted by molar-refractivity contribution is 1.17. The second-order valence-corrected chi connectivity index (χ2v) is 15.1. The van der Waals surface area contributed by atoms with E-state index in [1.165, 1.54) is 70.9 Å². The zero-order chi connectivity index (χ0) is 37.0. The van der Waals surface area contributed by atoms with Crippen molar-refractivity contribution in [1.82, 2.24) is 9.13 Å². The summed E-state index contributed by atoms with van der Waals surface area (Å²) >= 11 is 1.80. The van der Waals surface area contributed by atoms with Gasteiger partial charge in [0.05, 0.1) is 16.6 Å². The lowest BCUT2D eigenvalue weighted by Gasteiger charge is -2.26. The van der Waals surface area contributed by atoms with Crippen molar-refractivity contribution in [2.45, 2.75) is 0 Å². The molecular formula is C52H35N3S. The molecular weight excluding hydrogens is 699 g/mol. The van der Waals surface area contributed by atoms with Crippen molar-refractivity contribution in [3.8, 4) is 33.6 Å². The number of fused-ring (bicyclic) bond motifs is 7. The molecule has 3 heterocycles. The van der Waals surface area contributed by atoms with E-state index in [1.54, 1.807) is 11.3 Å². The fourth-order valence-corrected chi connectivity index (χ4v) is 9.38. The van der Waals surface area contributed by atoms with Crippen LogP contribution in [-0.2, 0) is 0 Å². The zero-order valence-electron chi connectivity index (χ0n) is 30.5. The molecule has 0 atom stereocenters. The maximum atomic E-state index is 2.47. The van der Waals surface area contributed by atoms with E-state index in [2.05, 4.69) is 226 Å². The van der Waals surface area contributed by atoms with Gasteiger partial charge < -0.3 is 14.0 Å². The summed E-state index contributed by atoms with van der Waals surface area (Å²) in [4.78, 5) is 3.62. The monoisotopic (exact) mass is 733 g/mol. The highest BCUT2D eigenvalue weighted by Crippen LogP contribution is 2.44. The first-order chi connectivity index (χ1) is 27.8. The van der Waals surface area contributed by atoms with Gasteiger partial charge in [-0.05, 0) is 106 Å². The number of thiophene rings is 1. The molecule has 3 nitrogen and oxygen atoms in total. The van der Waals surface area contributed by atoms with Gasteiger partial charge in [-0.1, -0.05) is 127 Å². The molecule has 0 saturated heterocycles. The Morgan fingerprint density at radius 2 is 0.839 bits per heavy atom. The molecule has 0 spiro atoms. The second-order valence-electron chi connectivity index (χ2n) is 14.2. The molecule has 0 bridgehead atoms. The number of hydrogen-bond acceptors (Lipinski definition) is 2. The first-order valence-electron chi connectivity index (χ1n) is 19.0. The smallest absolute Gasteiger partial charge is 0.108 e. The molecule has 3 aromatic heterocycles. The van der Waals surface area contributed by atoms with Crippen molar-refractivity contribution in [2.75, 3.05) is 4.90 Å². The van der Waals surface area contributed by atoms with E-state index in [0.29, 0.717) is 0 Å². The minimum absolute atomic E-state index is 1.09. The molecule has 0 amide bonds. The maximum Gasteiger partial charge on any atom is 0.108 e. The molecule has 0 radical (unpaired) electrons. The van der Waals surface area contributed by atoms with Crippen molar-refractivity contribution in [3.63, 3.8) is 0 Å². The van der Waals surface area contributed by atoms with Gasteiger partial charge in [0.2, 0.25) is 0 Å². The molecule has 11 rings (SSSR count). The van der Waals surface area contributed by atoms with Gasteiger partial charge in [-0.15, -0.1) is 11.3 Å². The second kappa shape index (κ2) is 13.3. The molecule has 56 heavy (non-hydrogen) atoms. The molecule has 0 saturated carbocycles. The van der Waals surface area contributed by atoms with Crippen LogP contribution in [0.4, 0.5) is 17.1 Å². The number of para-hydroxylation sites is 2. The predicted octanol–water partition coefficient (Wildman–Crippen LogP) is 14.7. The van der Waals surface area contributed by atoms with Crippen LogP contribution in [0.25, 0.3) is 76.6 Å². The Balaban J connectivity index is 1.07. The maximum absolute atomic E-state index is 2.47. The molecule has 11 aromatic rings. The number of hydrogen-bond donors (Lipinski definition) is 0. The zero-order valence-corrected chi connectivity index (χ0v) is 31.3. The number of nitrogens with zero attached hydrogens (tertiary/aromatic N) is 3. The van der Waals surface area contributed by atoms with Crippen LogP contribution in [0.1, 0.15) is 0 Å². The topological polar surface area (TPSA) is 13.1 Å². The Bertz CT molecular complexity index is 3060. The van der Waals surface area contributed by atoms with E-state index in [1.807, 2.05) is 0 Å². The van der Waals surface area contributed by atoms with E-state index < -0.39 is 0 Å². The summed E-state index contributed by atoms with van der Waals surface area (Å²) < 4.78 is 4.89. The first-order valence-corrected chi connectivity index (χ1v) is 19.9. The summed E-state index contributed by atoms with van der Waals surface area (Å²) in [5.74, 6) is 0. The average Bonchev–Trinajstić information content (AvgIpc) is 3.97. The van der Waals surface area contributed by atoms with Crippen molar-refractivity contribution in [3.05, 3.63) is 212 Å². The summed E-state index contributed by atoms with van der Waals surface area (Å²) in [5, 5.41) is 7.29. The van der Waals surface area contributed by atoms with Gasteiger partial charge in [0.1, 0.15) is 4.83 Å². The van der Waals surface area contributed by atoms with Gasteiger partial charge in [-0.3, -0.25) is 0 Å². The third-order valence-electron chi connectivity index (χ3n) is 11.0. The molecule has 264 valence electrons. The lowest BCUT2D eigenvalue weighted by Crippen LogP contribution is -2.10. The Kier molecular flexibility index (Phi) is 7.68. The molecule has 0 fully saturated rings. The van der Waals surface area contributed by atoms with E-state index in [9.17, 15) is 0 Å². The predicted molar refractivity (Wildman–Crippen MR) is 239 cm³/mol. The van der Waals surface area contributed by atoms with Crippen LogP contribution in [-0.4, -0.2) is 9.13 Å². The van der Waals surface area contributed by atoms with Crippen LogP contribution in [0.15, 0.2) is 212 Å². The minimum atomic E-state index is 1.09. The van der Waals surface area contributed by atoms with Gasteiger partial charge in [-0.25, -0.2) is 0 Å². The molecule has 8 aromatic carbocycles. The van der Waals surface area contributed by atoms with Crippen LogP contribution < -0.4 is 4.90 Å². The van der Waals surface area contributed by atoms with Crippen molar-refractivity contribution in [2.24, 2.45) is 0 Å². The standard InChI is InChI=1S/C52H35N3S/c1-4-12-36(13-5-1)38-20-24-41(25-21-38)53(42-26-22-39(23-27-42)37-14-6-2-7-15-37)43-28-30-44(31-29-43)54-48-19-11-10-18-45(48)46-32-33-49-50(51(46)54)47-34-35-56-52(47)55(49)40-16-8-3-9-17-40/h1-35H. The van der Waals surface area contributed by atoms with Crippen LogP contribution in [0, 0.1) is 0 Å². The van der Waals surface area contributed by atoms with Crippen LogP contribution in [0.5, 0.6) is 0 Å². The summed E-state index contributed by atoms with van der Waals surface area (Å²) in [6.07, 6.45) is 0. The van der Waals surface area contributed by atoms with Crippen molar-refractivity contribution < 1.29 is 0 Å². The molecule has 0 unspecified atom stereocenters. The van der Waals surface area contributed by atoms with E-state index >= 15 is 0 Å². The van der Waals surface area contributed by atoms with Crippen LogP contribution in [0.2, 0.25) is 0 Å². The highest BCUT2D eigenvalue weighted by molar-refractivity contribution is 7.17. The minimum Gasteiger partial charge on any atom is -0.311 e. The third kappa shape index (κ3) is 5.26. The highest BCUT2D eigenvalue weighted by Gasteiger charge is 2.22. The summed E-state index contributed by atoms with van der Waals surface area (Å²) in [6.45, 7) is 0. The SMILES string of the molecule is c1ccc(-c2ccc(N(c3ccc(-c4ccccc4)cc3)c3ccc(-n4c5ccccc5c5ccc6c(c7ccsc7n6-c6ccccc6)c54)cc3)cc2)cc1. The molecule has 0 aliphatic carbocycles. The molecule has 4 heteroatoms. The Labute approximate surface area is 329 Å². The highest BCUT2D eigenvalue weighted by atomic mass is 32.1. The number of aromatic nitrogens is 2. The Hall–Kier alpha value is -7.14. The number of benzene rings is 8. The number of anilines is 3. The van der Waals surface area contributed by atoms with E-state index in [4.69, 9.17) is 0 Å². The largest absolute Gasteiger partial charge is 0.311 e. The number of rotatable bonds is 7. The van der Waals surface area contributed by atoms with Crippen LogP contribution in [0.3, 0.4) is 0 Å². The van der Waals surface area contributed by atoms with Gasteiger partial charge in [0, 0.05) is 50.0 Å². The van der Waals surface area contributed by atoms with Crippen molar-refractivity contribution >= 4 is 71.3 Å². The van der Waals surface area contributed by atoms with Gasteiger partial charge in [0.25, 0.3) is 0 Å². The Morgan fingerprint density at radius 3 is 1.45 bits per heavy atom. The molecule has 0 aliphatic rings. The van der Waals surface area contributed by atoms with E-state index in [0.717, 1.165) is 22.7 Å². The fraction of sp³-hybridized carbons (Fsp3) is 0. The van der Waals surface area contributed by atoms with Gasteiger partial charge >= 0.3 is 0 Å². The fourth-order valence-electron chi connectivity index (χ4n) is 8.44. The van der Waals surface area contributed by atoms with Crippen molar-refractivity contribution in [1.29, 1.82) is 0 Å². The van der Waals surface area contributed by atoms with E-state index in [-0.39, 0.29) is 0 Å². The summed E-state index contributed by atoms with van der Waals surface area (Å²) in [6, 6.07) is 74.5. The Morgan fingerprint density at radius 1 is 0.339 bits per heavy atom.